The normalized spacial score (nSPS) is 14.8. The number of benzene rings is 3. The van der Waals surface area contributed by atoms with Crippen molar-refractivity contribution < 1.29 is 9.18 Å². The van der Waals surface area contributed by atoms with Crippen molar-refractivity contribution in [1.82, 2.24) is 14.8 Å². The van der Waals surface area contributed by atoms with Crippen molar-refractivity contribution in [2.45, 2.75) is 6.04 Å². The molecule has 1 amide bonds. The molecule has 0 saturated carbocycles. The third kappa shape index (κ3) is 4.20. The topological polar surface area (TPSA) is 71.8 Å². The zero-order chi connectivity index (χ0) is 22.9. The van der Waals surface area contributed by atoms with Crippen LogP contribution in [0.25, 0.3) is 5.70 Å². The molecule has 6 nitrogen and oxygen atoms in total. The van der Waals surface area contributed by atoms with Gasteiger partial charge in [0.1, 0.15) is 11.9 Å². The molecule has 0 radical (unpaired) electrons. The van der Waals surface area contributed by atoms with Gasteiger partial charge in [0, 0.05) is 26.9 Å². The molecule has 1 aliphatic rings. The summed E-state index contributed by atoms with van der Waals surface area (Å²) in [4.78, 5) is 17.0. The maximum atomic E-state index is 14.9. The Labute approximate surface area is 198 Å². The van der Waals surface area contributed by atoms with Crippen LogP contribution in [0.3, 0.4) is 0 Å². The molecule has 3 aromatic carbocycles. The van der Waals surface area contributed by atoms with Gasteiger partial charge in [-0.1, -0.05) is 59.6 Å². The molecule has 1 aromatic heterocycles. The number of allylic oxidation sites excluding steroid dienone is 1. The fourth-order valence-electron chi connectivity index (χ4n) is 3.61. The number of hydrogen-bond acceptors (Lipinski definition) is 4. The van der Waals surface area contributed by atoms with E-state index in [4.69, 9.17) is 23.2 Å². The highest BCUT2D eigenvalue weighted by Gasteiger charge is 2.29. The molecule has 9 heteroatoms. The van der Waals surface area contributed by atoms with Gasteiger partial charge >= 0.3 is 0 Å². The first kappa shape index (κ1) is 21.2. The van der Waals surface area contributed by atoms with Crippen LogP contribution in [0.1, 0.15) is 27.5 Å². The van der Waals surface area contributed by atoms with Crippen molar-refractivity contribution in [3.05, 3.63) is 111 Å². The number of carbonyl (C=O) groups excluding carboxylic acids is 1. The summed E-state index contributed by atoms with van der Waals surface area (Å²) < 4.78 is 16.4. The van der Waals surface area contributed by atoms with Gasteiger partial charge in [-0.2, -0.15) is 4.98 Å². The van der Waals surface area contributed by atoms with Crippen LogP contribution >= 0.6 is 23.2 Å². The van der Waals surface area contributed by atoms with Crippen LogP contribution in [-0.2, 0) is 0 Å². The molecule has 0 aliphatic carbocycles. The maximum absolute atomic E-state index is 14.9. The second-order valence-corrected chi connectivity index (χ2v) is 8.16. The number of anilines is 2. The Kier molecular flexibility index (Phi) is 5.58. The van der Waals surface area contributed by atoms with Crippen LogP contribution in [0, 0.1) is 5.82 Å². The molecule has 4 aromatic rings. The molecule has 0 spiro atoms. The summed E-state index contributed by atoms with van der Waals surface area (Å²) in [6, 6.07) is 19.7. The van der Waals surface area contributed by atoms with Gasteiger partial charge in [0.15, 0.2) is 0 Å². The van der Waals surface area contributed by atoms with Crippen molar-refractivity contribution in [3.63, 3.8) is 0 Å². The second-order valence-electron chi connectivity index (χ2n) is 7.32. The number of aromatic nitrogens is 3. The summed E-state index contributed by atoms with van der Waals surface area (Å²) in [5.41, 5.74) is 2.21. The van der Waals surface area contributed by atoms with Gasteiger partial charge < -0.3 is 5.32 Å². The summed E-state index contributed by atoms with van der Waals surface area (Å²) in [6.45, 7) is 0. The Morgan fingerprint density at radius 2 is 1.76 bits per heavy atom. The van der Waals surface area contributed by atoms with Crippen LogP contribution in [0.15, 0.2) is 78.9 Å². The van der Waals surface area contributed by atoms with Crippen LogP contribution < -0.4 is 10.6 Å². The number of nitrogens with one attached hydrogen (secondary N) is 2. The fourth-order valence-corrected chi connectivity index (χ4v) is 4.01. The maximum Gasteiger partial charge on any atom is 0.258 e. The first-order valence-electron chi connectivity index (χ1n) is 10.0. The highest BCUT2D eigenvalue weighted by atomic mass is 35.5. The quantitative estimate of drug-likeness (QED) is 0.374. The Morgan fingerprint density at radius 3 is 2.48 bits per heavy atom. The van der Waals surface area contributed by atoms with Gasteiger partial charge in [-0.15, -0.1) is 5.10 Å². The molecular formula is C24H16Cl2FN5O. The zero-order valence-electron chi connectivity index (χ0n) is 17.0. The number of nitrogens with zero attached hydrogens (tertiary/aromatic N) is 3. The van der Waals surface area contributed by atoms with E-state index in [0.29, 0.717) is 22.2 Å². The van der Waals surface area contributed by atoms with Gasteiger partial charge in [0.05, 0.1) is 0 Å². The third-order valence-corrected chi connectivity index (χ3v) is 5.76. The minimum absolute atomic E-state index is 0.0783. The van der Waals surface area contributed by atoms with Crippen molar-refractivity contribution in [2.24, 2.45) is 0 Å². The smallest absolute Gasteiger partial charge is 0.258 e. The Balaban J connectivity index is 1.56. The lowest BCUT2D eigenvalue weighted by Crippen LogP contribution is -2.21. The molecule has 5 rings (SSSR count). The van der Waals surface area contributed by atoms with Gasteiger partial charge in [0.2, 0.25) is 5.95 Å². The van der Waals surface area contributed by atoms with E-state index in [1.807, 2.05) is 18.2 Å². The summed E-state index contributed by atoms with van der Waals surface area (Å²) in [7, 11) is 0. The molecule has 2 N–H and O–H groups in total. The molecule has 1 atom stereocenters. The number of hydrogen-bond donors (Lipinski definition) is 2. The minimum atomic E-state index is -0.699. The van der Waals surface area contributed by atoms with Gasteiger partial charge in [-0.3, -0.25) is 10.1 Å². The number of amides is 1. The lowest BCUT2D eigenvalue weighted by molar-refractivity contribution is 0.102. The lowest BCUT2D eigenvalue weighted by Gasteiger charge is -2.25. The summed E-state index contributed by atoms with van der Waals surface area (Å²) in [6.07, 6.45) is 1.80. The van der Waals surface area contributed by atoms with E-state index in [1.165, 1.54) is 10.7 Å². The van der Waals surface area contributed by atoms with E-state index in [-0.39, 0.29) is 22.4 Å². The molecule has 0 saturated heterocycles. The Hall–Kier alpha value is -3.68. The lowest BCUT2D eigenvalue weighted by atomic mass is 10.0. The average Bonchev–Trinajstić information content (AvgIpc) is 3.22. The molecule has 2 heterocycles. The van der Waals surface area contributed by atoms with Gasteiger partial charge in [-0.05, 0) is 48.0 Å². The van der Waals surface area contributed by atoms with Crippen LogP contribution in [-0.4, -0.2) is 20.7 Å². The van der Waals surface area contributed by atoms with Crippen LogP contribution in [0.4, 0.5) is 16.3 Å². The highest BCUT2D eigenvalue weighted by Crippen LogP contribution is 2.37. The second kappa shape index (κ2) is 8.69. The van der Waals surface area contributed by atoms with E-state index in [9.17, 15) is 9.18 Å². The molecule has 0 bridgehead atoms. The van der Waals surface area contributed by atoms with Gasteiger partial charge in [-0.25, -0.2) is 9.07 Å². The minimum Gasteiger partial charge on any atom is -0.324 e. The first-order chi connectivity index (χ1) is 16.0. The van der Waals surface area contributed by atoms with E-state index < -0.39 is 11.9 Å². The Morgan fingerprint density at radius 1 is 1.00 bits per heavy atom. The van der Waals surface area contributed by atoms with E-state index in [0.717, 1.165) is 5.56 Å². The summed E-state index contributed by atoms with van der Waals surface area (Å²) in [5.74, 6) is -0.424. The monoisotopic (exact) mass is 479 g/mol. The van der Waals surface area contributed by atoms with E-state index in [2.05, 4.69) is 20.7 Å². The zero-order valence-corrected chi connectivity index (χ0v) is 18.5. The van der Waals surface area contributed by atoms with Crippen molar-refractivity contribution in [1.29, 1.82) is 0 Å². The molecule has 0 unspecified atom stereocenters. The standard InChI is InChI=1S/C24H16Cl2FN5O/c25-16-11-9-14(10-12-16)19-13-20(21-17(26)7-4-8-18(21)27)32-24(28-19)30-23(31-32)29-22(33)15-5-2-1-3-6-15/h1-13,20H,(H2,28,29,30,31,33)/t20-/m0/s1. The third-order valence-electron chi connectivity index (χ3n) is 5.18. The molecule has 33 heavy (non-hydrogen) atoms. The van der Waals surface area contributed by atoms with E-state index in [1.54, 1.807) is 54.6 Å². The van der Waals surface area contributed by atoms with Crippen LogP contribution in [0.5, 0.6) is 0 Å². The molecule has 1 aliphatic heterocycles. The van der Waals surface area contributed by atoms with Crippen molar-refractivity contribution in [3.8, 4) is 0 Å². The fraction of sp³-hybridized carbons (Fsp3) is 0.0417. The van der Waals surface area contributed by atoms with E-state index >= 15 is 0 Å². The average molecular weight is 480 g/mol. The molecule has 0 fully saturated rings. The highest BCUT2D eigenvalue weighted by molar-refractivity contribution is 6.31. The Bertz CT molecular complexity index is 1350. The van der Waals surface area contributed by atoms with Crippen LogP contribution in [0.2, 0.25) is 10.0 Å². The number of carbonyl (C=O) groups is 1. The predicted molar refractivity (Wildman–Crippen MR) is 127 cm³/mol. The summed E-state index contributed by atoms with van der Waals surface area (Å²) >= 11 is 12.4. The largest absolute Gasteiger partial charge is 0.324 e. The number of fused-ring (bicyclic) bond motifs is 1. The van der Waals surface area contributed by atoms with Gasteiger partial charge in [0.25, 0.3) is 11.9 Å². The SMILES string of the molecule is O=C(Nc1nc2n(n1)[C@H](c1c(F)cccc1Cl)C=C(c1ccc(Cl)cc1)N2)c1ccccc1. The first-order valence-corrected chi connectivity index (χ1v) is 10.8. The summed E-state index contributed by atoms with van der Waals surface area (Å²) in [5, 5.41) is 11.2. The van der Waals surface area contributed by atoms with Crippen molar-refractivity contribution >= 4 is 46.7 Å². The van der Waals surface area contributed by atoms with Crippen molar-refractivity contribution in [2.75, 3.05) is 10.6 Å². The molecule has 164 valence electrons. The number of halogens is 3. The predicted octanol–water partition coefficient (Wildman–Crippen LogP) is 6.03. The number of rotatable bonds is 4. The molecular weight excluding hydrogens is 464 g/mol.